The van der Waals surface area contributed by atoms with E-state index in [-0.39, 0.29) is 5.56 Å². The summed E-state index contributed by atoms with van der Waals surface area (Å²) in [5, 5.41) is 3.27. The standard InChI is InChI=1S/C20H27N5O2/c26-19-17-15-25(14-16-4-2-1-3-5-16)8-6-18(17)22-20(23-19)21-7-9-24-10-12-27-13-11-24/h1-5H,6-15H2,(H2,21,22,23,26). The maximum absolute atomic E-state index is 12.6. The molecule has 1 aromatic heterocycles. The Hall–Kier alpha value is -2.22. The third-order valence-corrected chi connectivity index (χ3v) is 5.22. The van der Waals surface area contributed by atoms with Crippen LogP contribution in [0.25, 0.3) is 0 Å². The molecule has 4 rings (SSSR count). The molecule has 0 bridgehead atoms. The maximum Gasteiger partial charge on any atom is 0.257 e. The van der Waals surface area contributed by atoms with Crippen LogP contribution in [0.2, 0.25) is 0 Å². The van der Waals surface area contributed by atoms with Gasteiger partial charge in [-0.25, -0.2) is 4.98 Å². The minimum Gasteiger partial charge on any atom is -0.379 e. The first-order valence-electron chi connectivity index (χ1n) is 9.70. The lowest BCUT2D eigenvalue weighted by atomic mass is 10.1. The summed E-state index contributed by atoms with van der Waals surface area (Å²) < 4.78 is 5.36. The number of aromatic nitrogens is 2. The van der Waals surface area contributed by atoms with Crippen molar-refractivity contribution in [2.75, 3.05) is 51.3 Å². The average Bonchev–Trinajstić information content (AvgIpc) is 2.70. The van der Waals surface area contributed by atoms with Crippen LogP contribution < -0.4 is 10.9 Å². The first kappa shape index (κ1) is 18.2. The number of nitrogens with one attached hydrogen (secondary N) is 2. The van der Waals surface area contributed by atoms with Crippen LogP contribution in [-0.2, 0) is 24.2 Å². The monoisotopic (exact) mass is 369 g/mol. The van der Waals surface area contributed by atoms with Crippen LogP contribution in [0.1, 0.15) is 16.8 Å². The summed E-state index contributed by atoms with van der Waals surface area (Å²) in [4.78, 5) is 24.8. The highest BCUT2D eigenvalue weighted by atomic mass is 16.5. The van der Waals surface area contributed by atoms with Gasteiger partial charge in [-0.2, -0.15) is 0 Å². The molecule has 7 nitrogen and oxygen atoms in total. The quantitative estimate of drug-likeness (QED) is 0.794. The van der Waals surface area contributed by atoms with E-state index < -0.39 is 0 Å². The zero-order valence-corrected chi connectivity index (χ0v) is 15.6. The number of H-pyrrole nitrogens is 1. The zero-order chi connectivity index (χ0) is 18.5. The number of hydrogen-bond donors (Lipinski definition) is 2. The van der Waals surface area contributed by atoms with E-state index in [9.17, 15) is 4.79 Å². The summed E-state index contributed by atoms with van der Waals surface area (Å²) in [6, 6.07) is 10.4. The van der Waals surface area contributed by atoms with Gasteiger partial charge in [-0.15, -0.1) is 0 Å². The number of nitrogens with zero attached hydrogens (tertiary/aromatic N) is 3. The summed E-state index contributed by atoms with van der Waals surface area (Å²) in [5.74, 6) is 0.587. The van der Waals surface area contributed by atoms with Crippen molar-refractivity contribution >= 4 is 5.95 Å². The third-order valence-electron chi connectivity index (χ3n) is 5.22. The number of rotatable bonds is 6. The molecule has 7 heteroatoms. The molecule has 2 N–H and O–H groups in total. The van der Waals surface area contributed by atoms with E-state index in [0.29, 0.717) is 12.5 Å². The number of hydrogen-bond acceptors (Lipinski definition) is 6. The first-order chi connectivity index (χ1) is 13.3. The molecular formula is C20H27N5O2. The predicted octanol–water partition coefficient (Wildman–Crippen LogP) is 1.07. The zero-order valence-electron chi connectivity index (χ0n) is 15.6. The van der Waals surface area contributed by atoms with Gasteiger partial charge < -0.3 is 10.1 Å². The number of benzene rings is 1. The van der Waals surface area contributed by atoms with Gasteiger partial charge in [0.15, 0.2) is 0 Å². The van der Waals surface area contributed by atoms with Crippen molar-refractivity contribution in [2.24, 2.45) is 0 Å². The van der Waals surface area contributed by atoms with Gasteiger partial charge in [0.05, 0.1) is 24.5 Å². The van der Waals surface area contributed by atoms with Crippen LogP contribution in [0.4, 0.5) is 5.95 Å². The molecular weight excluding hydrogens is 342 g/mol. The number of ether oxygens (including phenoxy) is 1. The molecule has 0 aliphatic carbocycles. The second kappa shape index (κ2) is 8.65. The molecule has 144 valence electrons. The van der Waals surface area contributed by atoms with Crippen LogP contribution in [0.5, 0.6) is 0 Å². The topological polar surface area (TPSA) is 73.5 Å². The molecule has 27 heavy (non-hydrogen) atoms. The molecule has 0 saturated carbocycles. The molecule has 1 saturated heterocycles. The number of aromatic amines is 1. The highest BCUT2D eigenvalue weighted by molar-refractivity contribution is 5.31. The average molecular weight is 369 g/mol. The molecule has 0 unspecified atom stereocenters. The lowest BCUT2D eigenvalue weighted by molar-refractivity contribution is 0.0398. The van der Waals surface area contributed by atoms with Crippen molar-refractivity contribution in [3.8, 4) is 0 Å². The Bertz CT molecular complexity index is 802. The van der Waals surface area contributed by atoms with Crippen molar-refractivity contribution in [2.45, 2.75) is 19.5 Å². The lowest BCUT2D eigenvalue weighted by Crippen LogP contribution is -2.39. The van der Waals surface area contributed by atoms with Crippen LogP contribution in [0.3, 0.4) is 0 Å². The molecule has 1 fully saturated rings. The van der Waals surface area contributed by atoms with E-state index in [1.54, 1.807) is 0 Å². The Kier molecular flexibility index (Phi) is 5.81. The van der Waals surface area contributed by atoms with E-state index in [4.69, 9.17) is 4.74 Å². The summed E-state index contributed by atoms with van der Waals surface area (Å²) in [6.07, 6.45) is 0.810. The third kappa shape index (κ3) is 4.74. The smallest absolute Gasteiger partial charge is 0.257 e. The molecule has 0 radical (unpaired) electrons. The fourth-order valence-corrected chi connectivity index (χ4v) is 3.70. The Balaban J connectivity index is 1.35. The normalized spacial score (nSPS) is 18.2. The molecule has 2 aliphatic rings. The van der Waals surface area contributed by atoms with Gasteiger partial charge in [-0.05, 0) is 5.56 Å². The second-order valence-corrected chi connectivity index (χ2v) is 7.17. The SMILES string of the molecule is O=c1[nH]c(NCCN2CCOCC2)nc2c1CN(Cc1ccccc1)CC2. The number of anilines is 1. The first-order valence-corrected chi connectivity index (χ1v) is 9.70. The van der Waals surface area contributed by atoms with Gasteiger partial charge in [0.2, 0.25) is 5.95 Å². The minimum atomic E-state index is -0.0216. The fourth-order valence-electron chi connectivity index (χ4n) is 3.70. The van der Waals surface area contributed by atoms with Crippen molar-refractivity contribution in [1.29, 1.82) is 0 Å². The van der Waals surface area contributed by atoms with Gasteiger partial charge in [-0.3, -0.25) is 19.6 Å². The summed E-state index contributed by atoms with van der Waals surface area (Å²) >= 11 is 0. The molecule has 2 aromatic rings. The highest BCUT2D eigenvalue weighted by Gasteiger charge is 2.21. The van der Waals surface area contributed by atoms with Crippen molar-refractivity contribution < 1.29 is 4.74 Å². The number of fused-ring (bicyclic) bond motifs is 1. The summed E-state index contributed by atoms with van der Waals surface area (Å²) in [7, 11) is 0. The second-order valence-electron chi connectivity index (χ2n) is 7.17. The van der Waals surface area contributed by atoms with E-state index in [2.05, 4.69) is 49.4 Å². The van der Waals surface area contributed by atoms with Crippen LogP contribution in [0.15, 0.2) is 35.1 Å². The fraction of sp³-hybridized carbons (Fsp3) is 0.500. The van der Waals surface area contributed by atoms with Crippen molar-refractivity contribution in [1.82, 2.24) is 19.8 Å². The molecule has 0 atom stereocenters. The van der Waals surface area contributed by atoms with Crippen molar-refractivity contribution in [3.05, 3.63) is 57.5 Å². The lowest BCUT2D eigenvalue weighted by Gasteiger charge is -2.28. The Morgan fingerprint density at radius 1 is 1.11 bits per heavy atom. The Morgan fingerprint density at radius 3 is 2.74 bits per heavy atom. The predicted molar refractivity (Wildman–Crippen MR) is 105 cm³/mol. The summed E-state index contributed by atoms with van der Waals surface area (Å²) in [6.45, 7) is 7.66. The van der Waals surface area contributed by atoms with Gasteiger partial charge in [0, 0.05) is 52.2 Å². The van der Waals surface area contributed by atoms with Crippen LogP contribution in [0, 0.1) is 0 Å². The Morgan fingerprint density at radius 2 is 1.93 bits per heavy atom. The maximum atomic E-state index is 12.6. The van der Waals surface area contributed by atoms with E-state index >= 15 is 0 Å². The molecule has 3 heterocycles. The van der Waals surface area contributed by atoms with Crippen LogP contribution >= 0.6 is 0 Å². The van der Waals surface area contributed by atoms with Gasteiger partial charge >= 0.3 is 0 Å². The van der Waals surface area contributed by atoms with E-state index in [1.165, 1.54) is 5.56 Å². The van der Waals surface area contributed by atoms with Gasteiger partial charge in [-0.1, -0.05) is 30.3 Å². The number of morpholine rings is 1. The largest absolute Gasteiger partial charge is 0.379 e. The van der Waals surface area contributed by atoms with E-state index in [0.717, 1.165) is 70.2 Å². The Labute approximate surface area is 159 Å². The minimum absolute atomic E-state index is 0.0216. The van der Waals surface area contributed by atoms with Crippen molar-refractivity contribution in [3.63, 3.8) is 0 Å². The molecule has 0 amide bonds. The molecule has 2 aliphatic heterocycles. The molecule has 1 aromatic carbocycles. The van der Waals surface area contributed by atoms with Gasteiger partial charge in [0.25, 0.3) is 5.56 Å². The summed E-state index contributed by atoms with van der Waals surface area (Å²) in [5.41, 5.74) is 2.98. The highest BCUT2D eigenvalue weighted by Crippen LogP contribution is 2.17. The van der Waals surface area contributed by atoms with Gasteiger partial charge in [0.1, 0.15) is 0 Å². The van der Waals surface area contributed by atoms with Crippen LogP contribution in [-0.4, -0.2) is 65.7 Å². The van der Waals surface area contributed by atoms with E-state index in [1.807, 2.05) is 6.07 Å². The molecule has 0 spiro atoms.